The summed E-state index contributed by atoms with van der Waals surface area (Å²) in [6.45, 7) is 17.9. The number of carboxylic acids is 1. The number of ketones is 1. The van der Waals surface area contributed by atoms with E-state index in [1.807, 2.05) is 0 Å². The number of aliphatic carboxylic acids is 1. The molecule has 0 aliphatic heterocycles. The quantitative estimate of drug-likeness (QED) is 0.400. The van der Waals surface area contributed by atoms with Crippen LogP contribution in [0, 0.1) is 56.7 Å². The van der Waals surface area contributed by atoms with Gasteiger partial charge in [-0.15, -0.1) is 0 Å². The monoisotopic (exact) mass is 498 g/mol. The molecule has 202 valence electrons. The highest BCUT2D eigenvalue weighted by atomic mass is 16.4. The Labute approximate surface area is 218 Å². The smallest absolute Gasteiger partial charge is 0.310 e. The number of rotatable bonds is 2. The summed E-state index contributed by atoms with van der Waals surface area (Å²) in [5.74, 6) is 1.17. The highest BCUT2D eigenvalue weighted by Crippen LogP contribution is 2.76. The summed E-state index contributed by atoms with van der Waals surface area (Å²) in [5, 5.41) is 22.1. The van der Waals surface area contributed by atoms with Crippen LogP contribution in [0.4, 0.5) is 0 Å². The average Bonchev–Trinajstić information content (AvgIpc) is 2.79. The van der Waals surface area contributed by atoms with Gasteiger partial charge >= 0.3 is 5.97 Å². The molecule has 0 unspecified atom stereocenters. The summed E-state index contributed by atoms with van der Waals surface area (Å²) in [6, 6.07) is 0. The molecule has 4 saturated carbocycles. The van der Waals surface area contributed by atoms with Crippen molar-refractivity contribution >= 4 is 11.8 Å². The Kier molecular flexibility index (Phi) is 5.66. The molecule has 4 heteroatoms. The fraction of sp³-hybridized carbons (Fsp3) is 0.875. The molecule has 0 aromatic rings. The van der Waals surface area contributed by atoms with Crippen molar-refractivity contribution < 1.29 is 19.8 Å². The molecule has 0 saturated heterocycles. The van der Waals surface area contributed by atoms with Crippen LogP contribution in [0.25, 0.3) is 0 Å². The second-order valence-corrected chi connectivity index (χ2v) is 15.2. The first-order valence-electron chi connectivity index (χ1n) is 14.7. The van der Waals surface area contributed by atoms with E-state index >= 15 is 0 Å². The average molecular weight is 499 g/mol. The van der Waals surface area contributed by atoms with Crippen molar-refractivity contribution in [1.29, 1.82) is 0 Å². The van der Waals surface area contributed by atoms with Crippen LogP contribution in [0.2, 0.25) is 0 Å². The van der Waals surface area contributed by atoms with Crippen molar-refractivity contribution in [2.75, 3.05) is 0 Å². The van der Waals surface area contributed by atoms with Gasteiger partial charge in [0.15, 0.2) is 5.78 Å². The highest BCUT2D eigenvalue weighted by molar-refractivity contribution is 5.86. The zero-order valence-electron chi connectivity index (χ0n) is 24.0. The normalized spacial score (nSPS) is 53.7. The van der Waals surface area contributed by atoms with Gasteiger partial charge < -0.3 is 10.2 Å². The molecule has 4 fully saturated rings. The first kappa shape index (κ1) is 26.4. The van der Waals surface area contributed by atoms with Gasteiger partial charge in [-0.05, 0) is 111 Å². The van der Waals surface area contributed by atoms with Crippen molar-refractivity contribution in [1.82, 2.24) is 0 Å². The van der Waals surface area contributed by atoms with Gasteiger partial charge in [0.05, 0.1) is 5.41 Å². The first-order chi connectivity index (χ1) is 16.5. The Balaban J connectivity index is 1.60. The molecule has 4 nitrogen and oxygen atoms in total. The molecule has 5 rings (SSSR count). The minimum absolute atomic E-state index is 0.00268. The maximum Gasteiger partial charge on any atom is 0.310 e. The lowest BCUT2D eigenvalue weighted by Crippen LogP contribution is -2.68. The highest BCUT2D eigenvalue weighted by Gasteiger charge is 2.71. The number of carbonyl (C=O) groups excluding carboxylic acids is 1. The van der Waals surface area contributed by atoms with Crippen LogP contribution in [0.1, 0.15) is 113 Å². The fourth-order valence-electron chi connectivity index (χ4n) is 11.4. The molecular weight excluding hydrogens is 448 g/mol. The molecule has 5 aliphatic rings. The van der Waals surface area contributed by atoms with Crippen LogP contribution < -0.4 is 0 Å². The number of allylic oxidation sites excluding steroid dienone is 2. The number of carbonyl (C=O) groups is 2. The van der Waals surface area contributed by atoms with Crippen LogP contribution in [-0.2, 0) is 9.59 Å². The van der Waals surface area contributed by atoms with Gasteiger partial charge in [-0.1, -0.05) is 60.1 Å². The van der Waals surface area contributed by atoms with Gasteiger partial charge in [0.25, 0.3) is 0 Å². The van der Waals surface area contributed by atoms with Gasteiger partial charge in [-0.25, -0.2) is 0 Å². The van der Waals surface area contributed by atoms with E-state index in [0.717, 1.165) is 51.4 Å². The Morgan fingerprint density at radius 3 is 2.17 bits per heavy atom. The SMILES string of the molecule is CC(=O)[C@]1(O)CC[C@]2(C)[C@H]3CC=C4[C@@H]5[C@@H](C)[C@H](C)CC[C@]5(C(=O)O)CC[C@@]4(C)[C@]3(C)CC[C@H]2C1(C)C. The third-order valence-electron chi connectivity index (χ3n) is 14.2. The summed E-state index contributed by atoms with van der Waals surface area (Å²) in [4.78, 5) is 25.5. The molecule has 0 aromatic heterocycles. The number of fused-ring (bicyclic) bond motifs is 7. The number of hydrogen-bond acceptors (Lipinski definition) is 3. The van der Waals surface area contributed by atoms with E-state index in [2.05, 4.69) is 54.5 Å². The Morgan fingerprint density at radius 1 is 0.889 bits per heavy atom. The number of carboxylic acid groups (broad SMARTS) is 1. The van der Waals surface area contributed by atoms with Crippen molar-refractivity contribution in [3.63, 3.8) is 0 Å². The van der Waals surface area contributed by atoms with Crippen LogP contribution in [0.5, 0.6) is 0 Å². The van der Waals surface area contributed by atoms with Gasteiger partial charge in [0.2, 0.25) is 0 Å². The fourth-order valence-corrected chi connectivity index (χ4v) is 11.4. The molecule has 10 atom stereocenters. The maximum absolute atomic E-state index is 12.9. The van der Waals surface area contributed by atoms with E-state index in [0.29, 0.717) is 30.1 Å². The van der Waals surface area contributed by atoms with Crippen molar-refractivity contribution in [3.05, 3.63) is 11.6 Å². The van der Waals surface area contributed by atoms with Gasteiger partial charge in [0.1, 0.15) is 5.60 Å². The minimum atomic E-state index is -1.25. The number of hydrogen-bond donors (Lipinski definition) is 2. The second-order valence-electron chi connectivity index (χ2n) is 15.2. The van der Waals surface area contributed by atoms with Gasteiger partial charge in [-0.2, -0.15) is 0 Å². The molecule has 0 radical (unpaired) electrons. The summed E-state index contributed by atoms with van der Waals surface area (Å²) in [6.07, 6.45) is 10.6. The largest absolute Gasteiger partial charge is 0.481 e. The summed E-state index contributed by atoms with van der Waals surface area (Å²) < 4.78 is 0. The third-order valence-corrected chi connectivity index (χ3v) is 14.2. The molecule has 5 aliphatic carbocycles. The first-order valence-corrected chi connectivity index (χ1v) is 14.7. The van der Waals surface area contributed by atoms with Crippen LogP contribution in [-0.4, -0.2) is 27.6 Å². The van der Waals surface area contributed by atoms with Gasteiger partial charge in [0, 0.05) is 5.41 Å². The van der Waals surface area contributed by atoms with Crippen molar-refractivity contribution in [2.45, 2.75) is 119 Å². The lowest BCUT2D eigenvalue weighted by molar-refractivity contribution is -0.231. The van der Waals surface area contributed by atoms with Gasteiger partial charge in [-0.3, -0.25) is 9.59 Å². The van der Waals surface area contributed by atoms with Crippen molar-refractivity contribution in [3.8, 4) is 0 Å². The zero-order valence-corrected chi connectivity index (χ0v) is 24.0. The predicted octanol–water partition coefficient (Wildman–Crippen LogP) is 7.05. The summed E-state index contributed by atoms with van der Waals surface area (Å²) in [7, 11) is 0. The molecule has 0 bridgehead atoms. The topological polar surface area (TPSA) is 74.6 Å². The molecule has 36 heavy (non-hydrogen) atoms. The van der Waals surface area contributed by atoms with Crippen LogP contribution in [0.3, 0.4) is 0 Å². The zero-order chi connectivity index (χ0) is 26.7. The summed E-state index contributed by atoms with van der Waals surface area (Å²) >= 11 is 0. The molecule has 0 amide bonds. The van der Waals surface area contributed by atoms with E-state index in [9.17, 15) is 19.8 Å². The van der Waals surface area contributed by atoms with E-state index < -0.39 is 22.4 Å². The Bertz CT molecular complexity index is 1010. The second kappa shape index (κ2) is 7.70. The van der Waals surface area contributed by atoms with E-state index in [4.69, 9.17) is 0 Å². The number of Topliss-reactive ketones (excluding diaryl/α,β-unsaturated/α-hetero) is 1. The van der Waals surface area contributed by atoms with E-state index in [-0.39, 0.29) is 27.9 Å². The third kappa shape index (κ3) is 2.86. The van der Waals surface area contributed by atoms with Crippen LogP contribution >= 0.6 is 0 Å². The molecule has 0 aromatic carbocycles. The predicted molar refractivity (Wildman–Crippen MR) is 142 cm³/mol. The standard InChI is InChI=1S/C32H50O4/c1-19-11-14-31(26(34)35)17-16-29(7)22(25(31)20(19)2)9-10-24-28(6)15-18-32(36,21(3)33)27(4,5)23(28)12-13-30(24,29)8/h9,19-20,23-25,36H,10-18H2,1-8H3,(H,34,35)/t19-,20+,23+,24-,25+,28+,29-,30-,31+,32-/m1/s1. The maximum atomic E-state index is 12.9. The van der Waals surface area contributed by atoms with E-state index in [1.165, 1.54) is 5.57 Å². The summed E-state index contributed by atoms with van der Waals surface area (Å²) in [5.41, 5.74) is -0.707. The molecule has 2 N–H and O–H groups in total. The van der Waals surface area contributed by atoms with Crippen LogP contribution in [0.15, 0.2) is 11.6 Å². The Hall–Kier alpha value is -1.16. The minimum Gasteiger partial charge on any atom is -0.481 e. The Morgan fingerprint density at radius 2 is 1.56 bits per heavy atom. The van der Waals surface area contributed by atoms with E-state index in [1.54, 1.807) is 6.92 Å². The number of aliphatic hydroxyl groups is 1. The lowest BCUT2D eigenvalue weighted by Gasteiger charge is -2.72. The molecular formula is C32H50O4. The lowest BCUT2D eigenvalue weighted by atomic mass is 9.32. The molecule has 0 spiro atoms. The van der Waals surface area contributed by atoms with Crippen molar-refractivity contribution in [2.24, 2.45) is 56.7 Å². The molecule has 0 heterocycles.